The predicted octanol–water partition coefficient (Wildman–Crippen LogP) is 3.09. The number of alkyl halides is 3. The van der Waals surface area contributed by atoms with Gasteiger partial charge in [-0.3, -0.25) is 4.79 Å². The second-order valence-corrected chi connectivity index (χ2v) is 5.77. The summed E-state index contributed by atoms with van der Waals surface area (Å²) in [5.41, 5.74) is 0.829. The van der Waals surface area contributed by atoms with Gasteiger partial charge < -0.3 is 14.2 Å². The fourth-order valence-electron chi connectivity index (χ4n) is 2.82. The molecule has 3 rings (SSSR count). The average Bonchev–Trinajstić information content (AvgIpc) is 3.01. The summed E-state index contributed by atoms with van der Waals surface area (Å²) in [6.07, 6.45) is -2.77. The number of hydrogen-bond donors (Lipinski definition) is 0. The Morgan fingerprint density at radius 3 is 2.84 bits per heavy atom. The molecule has 1 aliphatic heterocycles. The van der Waals surface area contributed by atoms with E-state index in [1.54, 1.807) is 11.2 Å². The van der Waals surface area contributed by atoms with Crippen molar-refractivity contribution in [2.24, 2.45) is 0 Å². The molecule has 8 heteroatoms. The highest BCUT2D eigenvalue weighted by molar-refractivity contribution is 5.94. The van der Waals surface area contributed by atoms with Crippen molar-refractivity contribution in [3.8, 4) is 0 Å². The van der Waals surface area contributed by atoms with Gasteiger partial charge in [-0.15, -0.1) is 0 Å². The lowest BCUT2D eigenvalue weighted by molar-refractivity contribution is -0.137. The zero-order valence-corrected chi connectivity index (χ0v) is 13.7. The van der Waals surface area contributed by atoms with Gasteiger partial charge in [0.15, 0.2) is 0 Å². The van der Waals surface area contributed by atoms with Crippen LogP contribution >= 0.6 is 0 Å². The molecule has 1 aliphatic rings. The number of ether oxygens (including phenoxy) is 1. The van der Waals surface area contributed by atoms with Gasteiger partial charge in [0.2, 0.25) is 0 Å². The van der Waals surface area contributed by atoms with Crippen LogP contribution in [0.2, 0.25) is 0 Å². The molecule has 1 aromatic carbocycles. The van der Waals surface area contributed by atoms with Crippen molar-refractivity contribution in [2.45, 2.75) is 32.8 Å². The first kappa shape index (κ1) is 17.5. The van der Waals surface area contributed by atoms with Crippen LogP contribution < -0.4 is 0 Å². The van der Waals surface area contributed by atoms with E-state index in [4.69, 9.17) is 4.74 Å². The number of hydrogen-bond acceptors (Lipinski definition) is 3. The van der Waals surface area contributed by atoms with Crippen LogP contribution in [0.15, 0.2) is 30.6 Å². The largest absolute Gasteiger partial charge is 0.416 e. The van der Waals surface area contributed by atoms with Crippen molar-refractivity contribution in [1.82, 2.24) is 14.5 Å². The maximum Gasteiger partial charge on any atom is 0.416 e. The molecule has 1 amide bonds. The van der Waals surface area contributed by atoms with E-state index in [9.17, 15) is 18.0 Å². The van der Waals surface area contributed by atoms with Crippen molar-refractivity contribution in [3.63, 3.8) is 0 Å². The van der Waals surface area contributed by atoms with Gasteiger partial charge in [0.05, 0.1) is 36.4 Å². The van der Waals surface area contributed by atoms with E-state index >= 15 is 0 Å². The summed E-state index contributed by atoms with van der Waals surface area (Å²) >= 11 is 0. The van der Waals surface area contributed by atoms with Gasteiger partial charge >= 0.3 is 6.18 Å². The van der Waals surface area contributed by atoms with Gasteiger partial charge in [-0.2, -0.15) is 13.2 Å². The molecule has 0 radical (unpaired) electrons. The summed E-state index contributed by atoms with van der Waals surface area (Å²) in [5.74, 6) is -0.416. The molecule has 0 spiro atoms. The summed E-state index contributed by atoms with van der Waals surface area (Å²) in [7, 11) is 0. The summed E-state index contributed by atoms with van der Waals surface area (Å²) < 4.78 is 45.9. The second kappa shape index (κ2) is 6.87. The first-order valence-electron chi connectivity index (χ1n) is 7.97. The van der Waals surface area contributed by atoms with E-state index in [0.29, 0.717) is 32.8 Å². The zero-order valence-electron chi connectivity index (χ0n) is 13.7. The van der Waals surface area contributed by atoms with Gasteiger partial charge in [-0.1, -0.05) is 6.07 Å². The molecule has 2 heterocycles. The number of amides is 1. The molecular weight excluding hydrogens is 335 g/mol. The summed E-state index contributed by atoms with van der Waals surface area (Å²) in [5, 5.41) is 0. The normalized spacial score (nSPS) is 14.5. The van der Waals surface area contributed by atoms with Crippen molar-refractivity contribution in [2.75, 3.05) is 13.2 Å². The Bertz CT molecular complexity index is 771. The van der Waals surface area contributed by atoms with Crippen LogP contribution in [0.4, 0.5) is 13.2 Å². The molecule has 1 aromatic heterocycles. The van der Waals surface area contributed by atoms with Gasteiger partial charge in [0.25, 0.3) is 5.91 Å². The van der Waals surface area contributed by atoms with Crippen LogP contribution in [-0.2, 0) is 30.6 Å². The topological polar surface area (TPSA) is 47.4 Å². The molecule has 0 atom stereocenters. The molecule has 0 N–H and O–H groups in total. The summed E-state index contributed by atoms with van der Waals surface area (Å²) in [6.45, 7) is 4.07. The molecule has 0 saturated carbocycles. The predicted molar refractivity (Wildman–Crippen MR) is 83.7 cm³/mol. The van der Waals surface area contributed by atoms with Gasteiger partial charge in [0, 0.05) is 25.3 Å². The minimum Gasteiger partial charge on any atom is -0.375 e. The number of nitrogens with zero attached hydrogens (tertiary/aromatic N) is 3. The zero-order chi connectivity index (χ0) is 18.0. The van der Waals surface area contributed by atoms with Crippen LogP contribution in [0, 0.1) is 0 Å². The number of carbonyl (C=O) groups is 1. The molecule has 134 valence electrons. The number of benzene rings is 1. The highest BCUT2D eigenvalue weighted by Gasteiger charge is 2.32. The third kappa shape index (κ3) is 3.68. The van der Waals surface area contributed by atoms with E-state index in [2.05, 4.69) is 4.98 Å². The quantitative estimate of drug-likeness (QED) is 0.849. The Morgan fingerprint density at radius 2 is 2.12 bits per heavy atom. The Morgan fingerprint density at radius 1 is 1.32 bits per heavy atom. The monoisotopic (exact) mass is 353 g/mol. The fourth-order valence-corrected chi connectivity index (χ4v) is 2.82. The maximum absolute atomic E-state index is 12.8. The third-order valence-corrected chi connectivity index (χ3v) is 4.15. The summed E-state index contributed by atoms with van der Waals surface area (Å²) in [4.78, 5) is 18.5. The van der Waals surface area contributed by atoms with Crippen molar-refractivity contribution in [1.29, 1.82) is 0 Å². The van der Waals surface area contributed by atoms with E-state index in [0.717, 1.165) is 23.5 Å². The Balaban J connectivity index is 1.80. The van der Waals surface area contributed by atoms with Crippen molar-refractivity contribution >= 4 is 5.91 Å². The smallest absolute Gasteiger partial charge is 0.375 e. The highest BCUT2D eigenvalue weighted by Crippen LogP contribution is 2.30. The lowest BCUT2D eigenvalue weighted by Crippen LogP contribution is -2.38. The molecule has 5 nitrogen and oxygen atoms in total. The van der Waals surface area contributed by atoms with E-state index in [-0.39, 0.29) is 5.56 Å². The SMILES string of the molecule is CCOCc1ncn2c1CN(C(=O)c1cccc(C(F)(F)F)c1)CC2. The Kier molecular flexibility index (Phi) is 4.80. The van der Waals surface area contributed by atoms with Gasteiger partial charge in [-0.05, 0) is 25.1 Å². The van der Waals surface area contributed by atoms with Crippen molar-refractivity contribution in [3.05, 3.63) is 53.1 Å². The molecule has 0 saturated heterocycles. The molecule has 0 unspecified atom stereocenters. The van der Waals surface area contributed by atoms with Gasteiger partial charge in [-0.25, -0.2) is 4.98 Å². The number of aromatic nitrogens is 2. The second-order valence-electron chi connectivity index (χ2n) is 5.77. The maximum atomic E-state index is 12.8. The minimum absolute atomic E-state index is 0.0362. The molecule has 0 aliphatic carbocycles. The number of carbonyl (C=O) groups excluding carboxylic acids is 1. The molecule has 0 fully saturated rings. The summed E-state index contributed by atoms with van der Waals surface area (Å²) in [6, 6.07) is 4.52. The number of rotatable bonds is 4. The molecule has 2 aromatic rings. The number of imidazole rings is 1. The first-order chi connectivity index (χ1) is 11.9. The van der Waals surface area contributed by atoms with Crippen molar-refractivity contribution < 1.29 is 22.7 Å². The Labute approximate surface area is 143 Å². The first-order valence-corrected chi connectivity index (χ1v) is 7.97. The lowest BCUT2D eigenvalue weighted by Gasteiger charge is -2.29. The lowest BCUT2D eigenvalue weighted by atomic mass is 10.1. The van der Waals surface area contributed by atoms with Crippen LogP contribution in [-0.4, -0.2) is 33.5 Å². The third-order valence-electron chi connectivity index (χ3n) is 4.15. The van der Waals surface area contributed by atoms with Gasteiger partial charge in [0.1, 0.15) is 0 Å². The highest BCUT2D eigenvalue weighted by atomic mass is 19.4. The number of halogens is 3. The van der Waals surface area contributed by atoms with E-state index in [1.807, 2.05) is 11.5 Å². The standard InChI is InChI=1S/C17H18F3N3O2/c1-2-25-10-14-15-9-22(6-7-23(15)11-21-14)16(24)12-4-3-5-13(8-12)17(18,19)20/h3-5,8,11H,2,6-7,9-10H2,1H3. The number of fused-ring (bicyclic) bond motifs is 1. The van der Waals surface area contributed by atoms with E-state index in [1.165, 1.54) is 12.1 Å². The molecule has 25 heavy (non-hydrogen) atoms. The van der Waals surface area contributed by atoms with Crippen LogP contribution in [0.5, 0.6) is 0 Å². The minimum atomic E-state index is -4.47. The van der Waals surface area contributed by atoms with Crippen LogP contribution in [0.25, 0.3) is 0 Å². The van der Waals surface area contributed by atoms with Crippen LogP contribution in [0.1, 0.15) is 34.2 Å². The Hall–Kier alpha value is -2.35. The molecular formula is C17H18F3N3O2. The fraction of sp³-hybridized carbons (Fsp3) is 0.412. The van der Waals surface area contributed by atoms with E-state index < -0.39 is 17.6 Å². The van der Waals surface area contributed by atoms with Crippen LogP contribution in [0.3, 0.4) is 0 Å². The average molecular weight is 353 g/mol. The molecule has 0 bridgehead atoms.